The van der Waals surface area contributed by atoms with Crippen molar-refractivity contribution in [1.82, 2.24) is 9.55 Å². The number of imidazole rings is 1. The lowest BCUT2D eigenvalue weighted by molar-refractivity contribution is 0.246. The number of aryl methyl sites for hydroxylation is 1. The van der Waals surface area contributed by atoms with Gasteiger partial charge < -0.3 is 4.74 Å². The molecular weight excluding hydrogens is 477 g/mol. The predicted molar refractivity (Wildman–Crippen MR) is 136 cm³/mol. The molecule has 7 heteroatoms. The largest absolute Gasteiger partial charge is 0.471 e. The van der Waals surface area contributed by atoms with Crippen LogP contribution >= 0.6 is 34.8 Å². The van der Waals surface area contributed by atoms with E-state index in [2.05, 4.69) is 30.1 Å². The normalized spacial score (nSPS) is 15.4. The van der Waals surface area contributed by atoms with E-state index < -0.39 is 0 Å². The third kappa shape index (κ3) is 4.26. The maximum Gasteiger partial charge on any atom is 0.237 e. The van der Waals surface area contributed by atoms with Crippen molar-refractivity contribution in [3.63, 3.8) is 0 Å². The highest BCUT2D eigenvalue weighted by molar-refractivity contribution is 6.39. The van der Waals surface area contributed by atoms with Gasteiger partial charge in [0.05, 0.1) is 32.9 Å². The van der Waals surface area contributed by atoms with Crippen molar-refractivity contribution in [2.24, 2.45) is 4.99 Å². The van der Waals surface area contributed by atoms with E-state index in [9.17, 15) is 0 Å². The van der Waals surface area contributed by atoms with Gasteiger partial charge in [0.15, 0.2) is 0 Å². The summed E-state index contributed by atoms with van der Waals surface area (Å²) in [5.41, 5.74) is 5.30. The predicted octanol–water partition coefficient (Wildman–Crippen LogP) is 7.64. The lowest BCUT2D eigenvalue weighted by Gasteiger charge is -2.13. The SMILES string of the molecule is Cc1cccc(-c2ccc(-n3cc(C4=NCC(C)O4)nc3-c3c(Cl)cccc3Cl)c(Cl)c2)c1. The highest BCUT2D eigenvalue weighted by atomic mass is 35.5. The van der Waals surface area contributed by atoms with Crippen LogP contribution in [0.1, 0.15) is 18.2 Å². The molecule has 1 unspecified atom stereocenters. The summed E-state index contributed by atoms with van der Waals surface area (Å²) in [7, 11) is 0. The molecule has 166 valence electrons. The molecule has 0 fully saturated rings. The Balaban J connectivity index is 1.66. The van der Waals surface area contributed by atoms with Crippen molar-refractivity contribution in [2.45, 2.75) is 20.0 Å². The van der Waals surface area contributed by atoms with Crippen molar-refractivity contribution in [3.8, 4) is 28.2 Å². The van der Waals surface area contributed by atoms with Crippen LogP contribution in [0, 0.1) is 6.92 Å². The molecule has 1 atom stereocenters. The summed E-state index contributed by atoms with van der Waals surface area (Å²) in [5.74, 6) is 1.06. The molecule has 2 heterocycles. The zero-order chi connectivity index (χ0) is 23.1. The number of benzene rings is 3. The van der Waals surface area contributed by atoms with Crippen molar-refractivity contribution >= 4 is 40.7 Å². The van der Waals surface area contributed by atoms with E-state index in [0.717, 1.165) is 16.8 Å². The van der Waals surface area contributed by atoms with Gasteiger partial charge >= 0.3 is 0 Å². The molecule has 4 aromatic rings. The molecule has 3 aromatic carbocycles. The molecule has 0 aliphatic carbocycles. The molecule has 1 aliphatic heterocycles. The summed E-state index contributed by atoms with van der Waals surface area (Å²) >= 11 is 19.9. The van der Waals surface area contributed by atoms with Gasteiger partial charge in [-0.1, -0.05) is 76.8 Å². The Hall–Kier alpha value is -2.79. The van der Waals surface area contributed by atoms with Gasteiger partial charge in [-0.05, 0) is 49.2 Å². The van der Waals surface area contributed by atoms with Crippen LogP contribution in [-0.4, -0.2) is 28.1 Å². The van der Waals surface area contributed by atoms with Crippen LogP contribution < -0.4 is 0 Å². The second kappa shape index (κ2) is 8.86. The van der Waals surface area contributed by atoms with E-state index >= 15 is 0 Å². The van der Waals surface area contributed by atoms with E-state index in [1.165, 1.54) is 5.56 Å². The maximum atomic E-state index is 6.81. The van der Waals surface area contributed by atoms with Crippen molar-refractivity contribution < 1.29 is 4.74 Å². The van der Waals surface area contributed by atoms with E-state index in [1.54, 1.807) is 18.2 Å². The molecule has 0 bridgehead atoms. The van der Waals surface area contributed by atoms with Gasteiger partial charge in [0, 0.05) is 6.20 Å². The Morgan fingerprint density at radius 1 is 0.909 bits per heavy atom. The molecule has 0 amide bonds. The standard InChI is InChI=1S/C26H20Cl3N3O/c1-15-5-3-6-17(11-15)18-9-10-23(21(29)12-18)32-14-22(26-30-13-16(2)33-26)31-25(32)24-19(27)7-4-8-20(24)28/h3-12,14,16H,13H2,1-2H3. The minimum Gasteiger partial charge on any atom is -0.471 e. The Bertz CT molecular complexity index is 1370. The first-order chi connectivity index (χ1) is 15.9. The fraction of sp³-hybridized carbons (Fsp3) is 0.154. The summed E-state index contributed by atoms with van der Waals surface area (Å²) in [5, 5.41) is 1.57. The third-order valence-corrected chi connectivity index (χ3v) is 6.41. The zero-order valence-electron chi connectivity index (χ0n) is 18.0. The average molecular weight is 497 g/mol. The number of nitrogens with zero attached hydrogens (tertiary/aromatic N) is 3. The average Bonchev–Trinajstić information content (AvgIpc) is 3.40. The molecule has 0 radical (unpaired) electrons. The smallest absolute Gasteiger partial charge is 0.237 e. The monoisotopic (exact) mass is 495 g/mol. The number of rotatable bonds is 4. The molecule has 5 rings (SSSR count). The van der Waals surface area contributed by atoms with Crippen LogP contribution in [0.2, 0.25) is 15.1 Å². The first-order valence-electron chi connectivity index (χ1n) is 10.5. The van der Waals surface area contributed by atoms with Crippen LogP contribution in [0.15, 0.2) is 71.9 Å². The first kappa shape index (κ1) is 22.0. The Kier molecular flexibility index (Phi) is 5.92. The number of aromatic nitrogens is 2. The maximum absolute atomic E-state index is 6.81. The van der Waals surface area contributed by atoms with Gasteiger partial charge in [-0.15, -0.1) is 0 Å². The summed E-state index contributed by atoms with van der Waals surface area (Å²) < 4.78 is 7.73. The highest BCUT2D eigenvalue weighted by Crippen LogP contribution is 2.37. The summed E-state index contributed by atoms with van der Waals surface area (Å²) in [6.07, 6.45) is 1.87. The van der Waals surface area contributed by atoms with Crippen molar-refractivity contribution in [2.75, 3.05) is 6.54 Å². The van der Waals surface area contributed by atoms with Crippen LogP contribution in [-0.2, 0) is 4.74 Å². The molecule has 0 spiro atoms. The fourth-order valence-electron chi connectivity index (χ4n) is 3.88. The molecule has 33 heavy (non-hydrogen) atoms. The minimum atomic E-state index is 0.00898. The quantitative estimate of drug-likeness (QED) is 0.291. The number of ether oxygens (including phenoxy) is 1. The second-order valence-corrected chi connectivity index (χ2v) is 9.25. The lowest BCUT2D eigenvalue weighted by Crippen LogP contribution is -2.08. The van der Waals surface area contributed by atoms with Crippen LogP contribution in [0.25, 0.3) is 28.2 Å². The van der Waals surface area contributed by atoms with Gasteiger partial charge in [0.1, 0.15) is 17.6 Å². The van der Waals surface area contributed by atoms with Gasteiger partial charge in [-0.2, -0.15) is 0 Å². The number of halogens is 3. The molecular formula is C26H20Cl3N3O. The van der Waals surface area contributed by atoms with Gasteiger partial charge in [0.2, 0.25) is 5.90 Å². The Labute approximate surface area is 207 Å². The Morgan fingerprint density at radius 2 is 1.64 bits per heavy atom. The molecule has 0 saturated heterocycles. The molecule has 1 aromatic heterocycles. The zero-order valence-corrected chi connectivity index (χ0v) is 20.3. The number of aliphatic imine (C=N–C) groups is 1. The van der Waals surface area contributed by atoms with E-state index in [4.69, 9.17) is 44.5 Å². The van der Waals surface area contributed by atoms with Crippen molar-refractivity contribution in [1.29, 1.82) is 0 Å². The van der Waals surface area contributed by atoms with Crippen LogP contribution in [0.3, 0.4) is 0 Å². The second-order valence-electron chi connectivity index (χ2n) is 8.03. The van der Waals surface area contributed by atoms with E-state index in [-0.39, 0.29) is 6.10 Å². The highest BCUT2D eigenvalue weighted by Gasteiger charge is 2.24. The minimum absolute atomic E-state index is 0.00898. The van der Waals surface area contributed by atoms with Crippen LogP contribution in [0.5, 0.6) is 0 Å². The van der Waals surface area contributed by atoms with Crippen molar-refractivity contribution in [3.05, 3.63) is 93.2 Å². The number of hydrogen-bond acceptors (Lipinski definition) is 3. The van der Waals surface area contributed by atoms with E-state index in [1.807, 2.05) is 42.0 Å². The molecule has 4 nitrogen and oxygen atoms in total. The first-order valence-corrected chi connectivity index (χ1v) is 11.7. The molecule has 0 N–H and O–H groups in total. The van der Waals surface area contributed by atoms with Gasteiger partial charge in [-0.3, -0.25) is 4.57 Å². The third-order valence-electron chi connectivity index (χ3n) is 5.47. The fourth-order valence-corrected chi connectivity index (χ4v) is 4.72. The van der Waals surface area contributed by atoms with Gasteiger partial charge in [-0.25, -0.2) is 9.98 Å². The topological polar surface area (TPSA) is 39.4 Å². The lowest BCUT2D eigenvalue weighted by atomic mass is 10.0. The number of hydrogen-bond donors (Lipinski definition) is 0. The van der Waals surface area contributed by atoms with E-state index in [0.29, 0.717) is 44.6 Å². The van der Waals surface area contributed by atoms with Gasteiger partial charge in [0.25, 0.3) is 0 Å². The Morgan fingerprint density at radius 3 is 2.30 bits per heavy atom. The summed E-state index contributed by atoms with van der Waals surface area (Å²) in [6.45, 7) is 4.64. The summed E-state index contributed by atoms with van der Waals surface area (Å²) in [6, 6.07) is 19.7. The molecule has 0 saturated carbocycles. The van der Waals surface area contributed by atoms with Crippen LogP contribution in [0.4, 0.5) is 0 Å². The summed E-state index contributed by atoms with van der Waals surface area (Å²) in [4.78, 5) is 9.29. The molecule has 1 aliphatic rings.